The van der Waals surface area contributed by atoms with Gasteiger partial charge in [0.05, 0.1) is 5.01 Å². The average Bonchev–Trinajstić information content (AvgIpc) is 2.68. The van der Waals surface area contributed by atoms with E-state index in [4.69, 9.17) is 5.73 Å². The highest BCUT2D eigenvalue weighted by atomic mass is 32.1. The lowest BCUT2D eigenvalue weighted by atomic mass is 10.0. The summed E-state index contributed by atoms with van der Waals surface area (Å²) in [6, 6.07) is 4.72. The van der Waals surface area contributed by atoms with Crippen LogP contribution in [0.15, 0.2) is 29.8 Å². The summed E-state index contributed by atoms with van der Waals surface area (Å²) < 4.78 is 13.2. The summed E-state index contributed by atoms with van der Waals surface area (Å²) in [4.78, 5) is 4.17. The molecule has 2 rings (SSSR count). The van der Waals surface area contributed by atoms with E-state index in [-0.39, 0.29) is 11.9 Å². The molecular weight excluding hydrogens is 223 g/mol. The number of aryl methyl sites for hydroxylation is 1. The second-order valence-corrected chi connectivity index (χ2v) is 4.78. The van der Waals surface area contributed by atoms with Crippen molar-refractivity contribution in [2.75, 3.05) is 0 Å². The van der Waals surface area contributed by atoms with Crippen LogP contribution in [0.1, 0.15) is 22.2 Å². The molecule has 1 unspecified atom stereocenters. The van der Waals surface area contributed by atoms with Crippen molar-refractivity contribution in [1.82, 2.24) is 4.98 Å². The van der Waals surface area contributed by atoms with E-state index in [1.54, 1.807) is 17.5 Å². The van der Waals surface area contributed by atoms with Crippen molar-refractivity contribution in [3.8, 4) is 0 Å². The molecule has 0 aliphatic heterocycles. The van der Waals surface area contributed by atoms with E-state index in [1.807, 2.05) is 18.4 Å². The number of nitrogens with two attached hydrogens (primary N) is 1. The molecule has 16 heavy (non-hydrogen) atoms. The lowest BCUT2D eigenvalue weighted by Crippen LogP contribution is -2.13. The number of thiazole rings is 1. The molecule has 1 heterocycles. The molecule has 4 heteroatoms. The van der Waals surface area contributed by atoms with Crippen LogP contribution in [0.5, 0.6) is 0 Å². The SMILES string of the molecule is Cc1cc(F)cc(C(N)Cc2nccs2)c1. The largest absolute Gasteiger partial charge is 0.324 e. The van der Waals surface area contributed by atoms with Crippen molar-refractivity contribution in [2.24, 2.45) is 5.73 Å². The first-order valence-electron chi connectivity index (χ1n) is 5.06. The quantitative estimate of drug-likeness (QED) is 0.890. The summed E-state index contributed by atoms with van der Waals surface area (Å²) in [5.41, 5.74) is 7.74. The van der Waals surface area contributed by atoms with Gasteiger partial charge in [-0.05, 0) is 30.2 Å². The topological polar surface area (TPSA) is 38.9 Å². The van der Waals surface area contributed by atoms with Gasteiger partial charge < -0.3 is 5.73 Å². The Morgan fingerprint density at radius 3 is 2.88 bits per heavy atom. The second-order valence-electron chi connectivity index (χ2n) is 3.80. The molecule has 1 aromatic carbocycles. The van der Waals surface area contributed by atoms with E-state index in [0.717, 1.165) is 16.1 Å². The molecule has 0 radical (unpaired) electrons. The van der Waals surface area contributed by atoms with Gasteiger partial charge in [0.1, 0.15) is 5.82 Å². The first-order valence-corrected chi connectivity index (χ1v) is 5.94. The van der Waals surface area contributed by atoms with E-state index in [2.05, 4.69) is 4.98 Å². The van der Waals surface area contributed by atoms with Gasteiger partial charge in [0.15, 0.2) is 0 Å². The molecule has 84 valence electrons. The Morgan fingerprint density at radius 1 is 1.44 bits per heavy atom. The lowest BCUT2D eigenvalue weighted by Gasteiger charge is -2.11. The molecule has 0 spiro atoms. The maximum Gasteiger partial charge on any atom is 0.123 e. The van der Waals surface area contributed by atoms with Gasteiger partial charge in [-0.1, -0.05) is 6.07 Å². The number of halogens is 1. The van der Waals surface area contributed by atoms with Crippen molar-refractivity contribution in [3.63, 3.8) is 0 Å². The Bertz CT molecular complexity index is 448. The summed E-state index contributed by atoms with van der Waals surface area (Å²) in [6.07, 6.45) is 2.41. The maximum atomic E-state index is 13.2. The van der Waals surface area contributed by atoms with E-state index >= 15 is 0 Å². The summed E-state index contributed by atoms with van der Waals surface area (Å²) in [5, 5.41) is 2.90. The van der Waals surface area contributed by atoms with E-state index < -0.39 is 0 Å². The van der Waals surface area contributed by atoms with E-state index in [9.17, 15) is 4.39 Å². The molecule has 1 aromatic heterocycles. The fourth-order valence-corrected chi connectivity index (χ4v) is 2.31. The number of hydrogen-bond acceptors (Lipinski definition) is 3. The minimum atomic E-state index is -0.232. The molecule has 2 nitrogen and oxygen atoms in total. The Morgan fingerprint density at radius 2 is 2.25 bits per heavy atom. The van der Waals surface area contributed by atoms with E-state index in [0.29, 0.717) is 6.42 Å². The molecule has 0 aliphatic rings. The molecule has 1 atom stereocenters. The van der Waals surface area contributed by atoms with Gasteiger partial charge in [0.25, 0.3) is 0 Å². The zero-order valence-corrected chi connectivity index (χ0v) is 9.80. The number of rotatable bonds is 3. The van der Waals surface area contributed by atoms with Gasteiger partial charge in [-0.3, -0.25) is 0 Å². The predicted octanol–water partition coefficient (Wildman–Crippen LogP) is 2.83. The average molecular weight is 236 g/mol. The van der Waals surface area contributed by atoms with Crippen molar-refractivity contribution in [3.05, 3.63) is 51.7 Å². The van der Waals surface area contributed by atoms with Crippen LogP contribution in [-0.4, -0.2) is 4.98 Å². The van der Waals surface area contributed by atoms with Crippen LogP contribution in [-0.2, 0) is 6.42 Å². The highest BCUT2D eigenvalue weighted by Crippen LogP contribution is 2.19. The lowest BCUT2D eigenvalue weighted by molar-refractivity contribution is 0.617. The van der Waals surface area contributed by atoms with Crippen LogP contribution < -0.4 is 5.73 Å². The van der Waals surface area contributed by atoms with Crippen LogP contribution in [0.4, 0.5) is 4.39 Å². The van der Waals surface area contributed by atoms with Crippen molar-refractivity contribution >= 4 is 11.3 Å². The van der Waals surface area contributed by atoms with Crippen LogP contribution in [0.2, 0.25) is 0 Å². The Kier molecular flexibility index (Phi) is 3.31. The molecule has 0 saturated carbocycles. The van der Waals surface area contributed by atoms with Gasteiger partial charge in [-0.2, -0.15) is 0 Å². The zero-order valence-electron chi connectivity index (χ0n) is 8.98. The van der Waals surface area contributed by atoms with Crippen LogP contribution in [0.25, 0.3) is 0 Å². The molecule has 2 aromatic rings. The molecule has 0 fully saturated rings. The second kappa shape index (κ2) is 4.72. The van der Waals surface area contributed by atoms with Gasteiger partial charge in [-0.15, -0.1) is 11.3 Å². The fraction of sp³-hybridized carbons (Fsp3) is 0.250. The highest BCUT2D eigenvalue weighted by molar-refractivity contribution is 7.09. The molecule has 0 saturated heterocycles. The smallest absolute Gasteiger partial charge is 0.123 e. The predicted molar refractivity (Wildman–Crippen MR) is 63.9 cm³/mol. The van der Waals surface area contributed by atoms with Crippen molar-refractivity contribution in [1.29, 1.82) is 0 Å². The van der Waals surface area contributed by atoms with Gasteiger partial charge in [-0.25, -0.2) is 9.37 Å². The number of hydrogen-bond donors (Lipinski definition) is 1. The van der Waals surface area contributed by atoms with Gasteiger partial charge in [0.2, 0.25) is 0 Å². The third-order valence-electron chi connectivity index (χ3n) is 2.37. The van der Waals surface area contributed by atoms with Crippen LogP contribution >= 0.6 is 11.3 Å². The molecule has 0 bridgehead atoms. The fourth-order valence-electron chi connectivity index (χ4n) is 1.64. The molecule has 0 amide bonds. The number of benzene rings is 1. The normalized spacial score (nSPS) is 12.7. The Hall–Kier alpha value is -1.26. The van der Waals surface area contributed by atoms with Crippen LogP contribution in [0, 0.1) is 12.7 Å². The zero-order chi connectivity index (χ0) is 11.5. The minimum Gasteiger partial charge on any atom is -0.324 e. The molecule has 2 N–H and O–H groups in total. The molecular formula is C12H13FN2S. The minimum absolute atomic E-state index is 0.194. The number of aromatic nitrogens is 1. The third-order valence-corrected chi connectivity index (χ3v) is 3.17. The van der Waals surface area contributed by atoms with Gasteiger partial charge in [0, 0.05) is 24.0 Å². The Balaban J connectivity index is 2.17. The Labute approximate surface area is 97.9 Å². The standard InChI is InChI=1S/C12H13FN2S/c1-8-4-9(6-10(13)5-8)11(14)7-12-15-2-3-16-12/h2-6,11H,7,14H2,1H3. The summed E-state index contributed by atoms with van der Waals surface area (Å²) in [5.74, 6) is -0.232. The van der Waals surface area contributed by atoms with Crippen molar-refractivity contribution in [2.45, 2.75) is 19.4 Å². The highest BCUT2D eigenvalue weighted by Gasteiger charge is 2.10. The summed E-state index contributed by atoms with van der Waals surface area (Å²) in [7, 11) is 0. The first-order chi connectivity index (χ1) is 7.65. The van der Waals surface area contributed by atoms with E-state index in [1.165, 1.54) is 12.1 Å². The number of nitrogens with zero attached hydrogens (tertiary/aromatic N) is 1. The summed E-state index contributed by atoms with van der Waals surface area (Å²) in [6.45, 7) is 1.86. The van der Waals surface area contributed by atoms with Gasteiger partial charge >= 0.3 is 0 Å². The monoisotopic (exact) mass is 236 g/mol. The van der Waals surface area contributed by atoms with Crippen molar-refractivity contribution < 1.29 is 4.39 Å². The maximum absolute atomic E-state index is 13.2. The van der Waals surface area contributed by atoms with Crippen LogP contribution in [0.3, 0.4) is 0 Å². The molecule has 0 aliphatic carbocycles. The first kappa shape index (κ1) is 11.2. The third kappa shape index (κ3) is 2.65. The summed E-state index contributed by atoms with van der Waals surface area (Å²) >= 11 is 1.57.